The molecule has 0 aliphatic carbocycles. The van der Waals surface area contributed by atoms with Crippen LogP contribution in [0.15, 0.2) is 18.3 Å². The normalized spacial score (nSPS) is 12.2. The van der Waals surface area contributed by atoms with Crippen LogP contribution < -0.4 is 5.73 Å². The van der Waals surface area contributed by atoms with Crippen molar-refractivity contribution in [2.45, 2.75) is 32.5 Å². The van der Waals surface area contributed by atoms with Gasteiger partial charge >= 0.3 is 6.18 Å². The molecular weight excluding hydrogens is 354 g/mol. The second-order valence-corrected chi connectivity index (χ2v) is 5.35. The van der Waals surface area contributed by atoms with E-state index in [2.05, 4.69) is 4.98 Å². The summed E-state index contributed by atoms with van der Waals surface area (Å²) in [4.78, 5) is 16.8. The molecule has 134 valence electrons. The van der Waals surface area contributed by atoms with Crippen LogP contribution in [0.25, 0.3) is 0 Å². The van der Waals surface area contributed by atoms with Crippen LogP contribution in [0.2, 0.25) is 0 Å². The highest BCUT2D eigenvalue weighted by Crippen LogP contribution is 2.27. The van der Waals surface area contributed by atoms with Crippen LogP contribution in [0.1, 0.15) is 36.3 Å². The maximum absolute atomic E-state index is 12.4. The van der Waals surface area contributed by atoms with E-state index in [9.17, 15) is 18.0 Å². The zero-order valence-electron chi connectivity index (χ0n) is 13.1. The Balaban J connectivity index is 0. The van der Waals surface area contributed by atoms with Gasteiger partial charge in [-0.05, 0) is 24.5 Å². The number of alkyl halides is 3. The van der Waals surface area contributed by atoms with Crippen molar-refractivity contribution in [3.63, 3.8) is 0 Å². The van der Waals surface area contributed by atoms with Crippen molar-refractivity contribution in [2.24, 2.45) is 11.7 Å². The van der Waals surface area contributed by atoms with E-state index in [0.717, 1.165) is 18.3 Å². The third kappa shape index (κ3) is 7.37. The Bertz CT molecular complexity index is 481. The first-order valence-electron chi connectivity index (χ1n) is 6.67. The number of carbonyl (C=O) groups is 1. The van der Waals surface area contributed by atoms with E-state index >= 15 is 0 Å². The highest BCUT2D eigenvalue weighted by Gasteiger charge is 2.32. The van der Waals surface area contributed by atoms with E-state index in [4.69, 9.17) is 5.73 Å². The lowest BCUT2D eigenvalue weighted by molar-refractivity contribution is -0.141. The summed E-state index contributed by atoms with van der Waals surface area (Å²) in [5, 5.41) is 0. The molecule has 0 aliphatic rings. The van der Waals surface area contributed by atoms with Crippen molar-refractivity contribution in [2.75, 3.05) is 13.6 Å². The van der Waals surface area contributed by atoms with E-state index in [1.54, 1.807) is 7.05 Å². The number of amides is 1. The first-order valence-corrected chi connectivity index (χ1v) is 6.67. The highest BCUT2D eigenvalue weighted by molar-refractivity contribution is 5.93. The average molecular weight is 376 g/mol. The van der Waals surface area contributed by atoms with Gasteiger partial charge in [0.2, 0.25) is 0 Å². The Morgan fingerprint density at radius 3 is 2.26 bits per heavy atom. The van der Waals surface area contributed by atoms with Crippen LogP contribution in [0, 0.1) is 5.92 Å². The Morgan fingerprint density at radius 2 is 1.87 bits per heavy atom. The number of hydrogen-bond donors (Lipinski definition) is 1. The fraction of sp³-hybridized carbons (Fsp3) is 0.571. The van der Waals surface area contributed by atoms with E-state index < -0.39 is 11.9 Å². The molecule has 0 saturated heterocycles. The van der Waals surface area contributed by atoms with E-state index in [-0.39, 0.29) is 42.3 Å². The summed E-state index contributed by atoms with van der Waals surface area (Å²) in [5.74, 6) is -0.0616. The number of rotatable bonds is 5. The van der Waals surface area contributed by atoms with Gasteiger partial charge in [-0.2, -0.15) is 13.2 Å². The van der Waals surface area contributed by atoms with Gasteiger partial charge in [0.1, 0.15) is 5.69 Å². The number of nitrogens with two attached hydrogens (primary N) is 1. The first-order chi connectivity index (χ1) is 9.62. The van der Waals surface area contributed by atoms with E-state index in [0.29, 0.717) is 18.9 Å². The van der Waals surface area contributed by atoms with Gasteiger partial charge in [-0.1, -0.05) is 13.8 Å². The quantitative estimate of drug-likeness (QED) is 0.857. The molecule has 1 aromatic heterocycles. The Labute approximate surface area is 146 Å². The van der Waals surface area contributed by atoms with Crippen molar-refractivity contribution in [3.05, 3.63) is 29.6 Å². The van der Waals surface area contributed by atoms with Gasteiger partial charge in [-0.15, -0.1) is 24.8 Å². The molecule has 2 N–H and O–H groups in total. The number of carbonyl (C=O) groups excluding carboxylic acids is 1. The van der Waals surface area contributed by atoms with Gasteiger partial charge in [-0.3, -0.25) is 9.78 Å². The number of hydrogen-bond acceptors (Lipinski definition) is 3. The van der Waals surface area contributed by atoms with Gasteiger partial charge in [0, 0.05) is 25.8 Å². The largest absolute Gasteiger partial charge is 0.433 e. The van der Waals surface area contributed by atoms with Crippen LogP contribution in [0.3, 0.4) is 0 Å². The summed E-state index contributed by atoms with van der Waals surface area (Å²) in [6.45, 7) is 4.43. The summed E-state index contributed by atoms with van der Waals surface area (Å²) in [6, 6.07) is 1.92. The van der Waals surface area contributed by atoms with Gasteiger partial charge in [0.25, 0.3) is 5.91 Å². The van der Waals surface area contributed by atoms with Gasteiger partial charge in [0.05, 0.1) is 5.56 Å². The van der Waals surface area contributed by atoms with Crippen LogP contribution in [0.4, 0.5) is 13.2 Å². The molecule has 0 spiro atoms. The molecule has 1 aromatic rings. The molecule has 23 heavy (non-hydrogen) atoms. The molecule has 1 unspecified atom stereocenters. The summed E-state index contributed by atoms with van der Waals surface area (Å²) >= 11 is 0. The Kier molecular flexibility index (Phi) is 10.5. The Morgan fingerprint density at radius 1 is 1.30 bits per heavy atom. The molecule has 0 bridgehead atoms. The lowest BCUT2D eigenvalue weighted by Gasteiger charge is -2.21. The molecule has 9 heteroatoms. The summed E-state index contributed by atoms with van der Waals surface area (Å²) in [6.07, 6.45) is -2.92. The van der Waals surface area contributed by atoms with Crippen molar-refractivity contribution in [1.29, 1.82) is 0 Å². The number of halogens is 5. The third-order valence-corrected chi connectivity index (χ3v) is 3.30. The number of aromatic nitrogens is 1. The van der Waals surface area contributed by atoms with Crippen molar-refractivity contribution < 1.29 is 18.0 Å². The highest BCUT2D eigenvalue weighted by atomic mass is 35.5. The van der Waals surface area contributed by atoms with Crippen molar-refractivity contribution in [1.82, 2.24) is 9.88 Å². The van der Waals surface area contributed by atoms with Crippen LogP contribution in [0.5, 0.6) is 0 Å². The molecule has 1 rings (SSSR count). The minimum absolute atomic E-state index is 0. The van der Waals surface area contributed by atoms with Crippen molar-refractivity contribution >= 4 is 30.7 Å². The number of pyridine rings is 1. The lowest BCUT2D eigenvalue weighted by atomic mass is 10.0. The smallest absolute Gasteiger partial charge is 0.342 e. The van der Waals surface area contributed by atoms with E-state index in [1.165, 1.54) is 4.90 Å². The Hall–Kier alpha value is -1.05. The fourth-order valence-corrected chi connectivity index (χ4v) is 1.69. The van der Waals surface area contributed by atoms with Gasteiger partial charge < -0.3 is 10.6 Å². The summed E-state index contributed by atoms with van der Waals surface area (Å²) in [5.41, 5.74) is 5.01. The number of nitrogens with zero attached hydrogens (tertiary/aromatic N) is 2. The second-order valence-electron chi connectivity index (χ2n) is 5.35. The average Bonchev–Trinajstić information content (AvgIpc) is 2.42. The van der Waals surface area contributed by atoms with Crippen LogP contribution in [-0.4, -0.2) is 35.4 Å². The second kappa shape index (κ2) is 9.95. The standard InChI is InChI=1S/C14H20F3N3O.2ClH/c1-9(2)11(18)6-7-20(3)13(21)10-4-5-12(19-8-10)14(15,16)17;;/h4-5,8-9,11H,6-7,18H2,1-3H3;2*1H. The zero-order chi connectivity index (χ0) is 16.2. The molecule has 4 nitrogen and oxygen atoms in total. The van der Waals surface area contributed by atoms with E-state index in [1.807, 2.05) is 13.8 Å². The van der Waals surface area contributed by atoms with Crippen LogP contribution in [-0.2, 0) is 6.18 Å². The topological polar surface area (TPSA) is 59.2 Å². The molecule has 0 fully saturated rings. The molecule has 0 saturated carbocycles. The maximum atomic E-state index is 12.4. The zero-order valence-corrected chi connectivity index (χ0v) is 14.8. The fourth-order valence-electron chi connectivity index (χ4n) is 1.69. The minimum atomic E-state index is -4.50. The molecular formula is C14H22Cl2F3N3O. The van der Waals surface area contributed by atoms with Gasteiger partial charge in [0.15, 0.2) is 0 Å². The first kappa shape index (κ1) is 24.2. The van der Waals surface area contributed by atoms with Crippen LogP contribution >= 0.6 is 24.8 Å². The lowest BCUT2D eigenvalue weighted by Crippen LogP contribution is -2.34. The van der Waals surface area contributed by atoms with Gasteiger partial charge in [-0.25, -0.2) is 0 Å². The molecule has 0 radical (unpaired) electrons. The summed E-state index contributed by atoms with van der Waals surface area (Å²) in [7, 11) is 1.59. The third-order valence-electron chi connectivity index (χ3n) is 3.30. The molecule has 0 aliphatic heterocycles. The molecule has 1 heterocycles. The predicted octanol–water partition coefficient (Wildman–Crippen LogP) is 3.39. The predicted molar refractivity (Wildman–Crippen MR) is 88.1 cm³/mol. The van der Waals surface area contributed by atoms with Crippen molar-refractivity contribution in [3.8, 4) is 0 Å². The SMILES string of the molecule is CC(C)C(N)CCN(C)C(=O)c1ccc(C(F)(F)F)nc1.Cl.Cl. The molecule has 1 atom stereocenters. The summed E-state index contributed by atoms with van der Waals surface area (Å²) < 4.78 is 37.2. The monoisotopic (exact) mass is 375 g/mol. The minimum Gasteiger partial charge on any atom is -0.342 e. The maximum Gasteiger partial charge on any atom is 0.433 e. The molecule has 0 aromatic carbocycles. The molecule has 1 amide bonds.